The highest BCUT2D eigenvalue weighted by molar-refractivity contribution is 7.89. The molecule has 0 saturated carbocycles. The molecule has 0 saturated heterocycles. The topological polar surface area (TPSA) is 81.1 Å². The molecule has 0 unspecified atom stereocenters. The van der Waals surface area contributed by atoms with Crippen molar-refractivity contribution in [3.05, 3.63) is 56.5 Å². The summed E-state index contributed by atoms with van der Waals surface area (Å²) in [6.45, 7) is -0.275. The Morgan fingerprint density at radius 1 is 1.22 bits per heavy atom. The highest BCUT2D eigenvalue weighted by atomic mass is 35.5. The number of sulfonamides is 1. The summed E-state index contributed by atoms with van der Waals surface area (Å²) in [6, 6.07) is 3.54. The smallest absolute Gasteiger partial charge is 0.268 e. The predicted molar refractivity (Wildman–Crippen MR) is 92.2 cm³/mol. The van der Waals surface area contributed by atoms with Crippen LogP contribution in [0.4, 0.5) is 13.2 Å². The predicted octanol–water partition coefficient (Wildman–Crippen LogP) is 2.38. The van der Waals surface area contributed by atoms with Crippen molar-refractivity contribution in [2.24, 2.45) is 0 Å². The lowest BCUT2D eigenvalue weighted by Crippen LogP contribution is -2.32. The number of benzene rings is 1. The van der Waals surface area contributed by atoms with E-state index in [0.29, 0.717) is 12.1 Å². The highest BCUT2D eigenvalue weighted by Crippen LogP contribution is 2.33. The fourth-order valence-electron chi connectivity index (χ4n) is 2.85. The molecule has 146 valence electrons. The van der Waals surface area contributed by atoms with Gasteiger partial charge in [0, 0.05) is 12.6 Å². The fourth-order valence-corrected chi connectivity index (χ4v) is 4.39. The van der Waals surface area contributed by atoms with E-state index in [0.717, 1.165) is 41.3 Å². The van der Waals surface area contributed by atoms with Gasteiger partial charge in [-0.05, 0) is 43.0 Å². The maximum atomic E-state index is 12.8. The molecule has 27 heavy (non-hydrogen) atoms. The van der Waals surface area contributed by atoms with Crippen LogP contribution in [-0.4, -0.2) is 24.7 Å². The average Bonchev–Trinajstić information content (AvgIpc) is 3.01. The number of hydrogen-bond acceptors (Lipinski definition) is 4. The van der Waals surface area contributed by atoms with E-state index in [2.05, 4.69) is 9.82 Å². The molecule has 1 heterocycles. The van der Waals surface area contributed by atoms with Gasteiger partial charge in [0.05, 0.1) is 22.8 Å². The summed E-state index contributed by atoms with van der Waals surface area (Å²) in [5, 5.41) is 3.87. The fraction of sp³-hybridized carbons (Fsp3) is 0.375. The maximum Gasteiger partial charge on any atom is 0.416 e. The second-order valence-corrected chi connectivity index (χ2v) is 8.21. The van der Waals surface area contributed by atoms with E-state index >= 15 is 0 Å². The Kier molecular flexibility index (Phi) is 5.33. The summed E-state index contributed by atoms with van der Waals surface area (Å²) in [6.07, 6.45) is -2.25. The van der Waals surface area contributed by atoms with Crippen molar-refractivity contribution in [2.45, 2.75) is 36.9 Å². The summed E-state index contributed by atoms with van der Waals surface area (Å²) in [5.74, 6) is 0. The monoisotopic (exact) mass is 421 g/mol. The Balaban J connectivity index is 1.76. The van der Waals surface area contributed by atoms with Crippen LogP contribution in [0.1, 0.15) is 23.2 Å². The Hall–Kier alpha value is -1.91. The molecule has 6 nitrogen and oxygen atoms in total. The molecular weight excluding hydrogens is 407 g/mol. The number of alkyl halides is 3. The molecule has 0 atom stereocenters. The zero-order valence-corrected chi connectivity index (χ0v) is 15.5. The molecule has 0 aliphatic heterocycles. The minimum atomic E-state index is -4.70. The zero-order valence-electron chi connectivity index (χ0n) is 13.9. The number of halogens is 4. The molecule has 3 rings (SSSR count). The van der Waals surface area contributed by atoms with Gasteiger partial charge in [0.15, 0.2) is 0 Å². The van der Waals surface area contributed by atoms with Gasteiger partial charge in [0.2, 0.25) is 10.0 Å². The van der Waals surface area contributed by atoms with Gasteiger partial charge in [-0.2, -0.15) is 18.3 Å². The SMILES string of the molecule is O=c1cc2c(nn1CCNS(=O)(=O)c1cc(C(F)(F)F)ccc1Cl)CCC2. The third-order valence-electron chi connectivity index (χ3n) is 4.19. The normalized spacial score (nSPS) is 14.4. The first-order valence-electron chi connectivity index (χ1n) is 8.04. The number of hydrogen-bond donors (Lipinski definition) is 1. The third kappa shape index (κ3) is 4.33. The van der Waals surface area contributed by atoms with Crippen LogP contribution >= 0.6 is 11.6 Å². The van der Waals surface area contributed by atoms with Gasteiger partial charge in [-0.25, -0.2) is 17.8 Å². The standard InChI is InChI=1S/C16H15ClF3N3O3S/c17-12-5-4-11(16(18,19)20)9-14(12)27(25,26)21-6-7-23-15(24)8-10-2-1-3-13(10)22-23/h4-5,8-9,21H,1-3,6-7H2. The summed E-state index contributed by atoms with van der Waals surface area (Å²) < 4.78 is 66.4. The molecule has 0 radical (unpaired) electrons. The summed E-state index contributed by atoms with van der Waals surface area (Å²) >= 11 is 5.76. The molecule has 1 aliphatic carbocycles. The van der Waals surface area contributed by atoms with Crippen LogP contribution in [0.5, 0.6) is 0 Å². The van der Waals surface area contributed by atoms with Gasteiger partial charge < -0.3 is 0 Å². The Labute approximate surface area is 158 Å². The number of rotatable bonds is 5. The van der Waals surface area contributed by atoms with E-state index < -0.39 is 26.7 Å². The van der Waals surface area contributed by atoms with Crippen molar-refractivity contribution in [3.8, 4) is 0 Å². The second-order valence-electron chi connectivity index (χ2n) is 6.07. The van der Waals surface area contributed by atoms with Crippen molar-refractivity contribution in [3.63, 3.8) is 0 Å². The van der Waals surface area contributed by atoms with E-state index in [9.17, 15) is 26.4 Å². The van der Waals surface area contributed by atoms with Gasteiger partial charge in [0.1, 0.15) is 4.90 Å². The molecule has 2 aromatic rings. The van der Waals surface area contributed by atoms with E-state index in [-0.39, 0.29) is 23.7 Å². The first-order chi connectivity index (χ1) is 12.6. The zero-order chi connectivity index (χ0) is 19.8. The highest BCUT2D eigenvalue weighted by Gasteiger charge is 2.32. The Morgan fingerprint density at radius 3 is 2.67 bits per heavy atom. The van der Waals surface area contributed by atoms with Gasteiger partial charge in [0.25, 0.3) is 5.56 Å². The van der Waals surface area contributed by atoms with Crippen LogP contribution in [0.3, 0.4) is 0 Å². The molecule has 0 amide bonds. The molecule has 1 aromatic carbocycles. The number of nitrogens with one attached hydrogen (secondary N) is 1. The lowest BCUT2D eigenvalue weighted by Gasteiger charge is -2.12. The number of fused-ring (bicyclic) bond motifs is 1. The quantitative estimate of drug-likeness (QED) is 0.803. The van der Waals surface area contributed by atoms with Gasteiger partial charge in [-0.15, -0.1) is 0 Å². The summed E-state index contributed by atoms with van der Waals surface area (Å²) in [5.41, 5.74) is 0.224. The third-order valence-corrected chi connectivity index (χ3v) is 6.13. The molecule has 11 heteroatoms. The van der Waals surface area contributed by atoms with Crippen LogP contribution in [0.25, 0.3) is 0 Å². The number of nitrogens with zero attached hydrogens (tertiary/aromatic N) is 2. The molecule has 1 aromatic heterocycles. The summed E-state index contributed by atoms with van der Waals surface area (Å²) in [4.78, 5) is 11.3. The van der Waals surface area contributed by atoms with Crippen LogP contribution in [0.2, 0.25) is 5.02 Å². The van der Waals surface area contributed by atoms with Crippen LogP contribution in [0, 0.1) is 0 Å². The van der Waals surface area contributed by atoms with Crippen molar-refractivity contribution < 1.29 is 21.6 Å². The minimum Gasteiger partial charge on any atom is -0.268 e. The van der Waals surface area contributed by atoms with Crippen LogP contribution < -0.4 is 10.3 Å². The Morgan fingerprint density at radius 2 is 1.96 bits per heavy atom. The van der Waals surface area contributed by atoms with Crippen LogP contribution in [0.15, 0.2) is 34.0 Å². The molecule has 0 spiro atoms. The molecule has 0 fully saturated rings. The lowest BCUT2D eigenvalue weighted by molar-refractivity contribution is -0.137. The van der Waals surface area contributed by atoms with Gasteiger partial charge in [-0.1, -0.05) is 11.6 Å². The van der Waals surface area contributed by atoms with Crippen molar-refractivity contribution >= 4 is 21.6 Å². The maximum absolute atomic E-state index is 12.8. The van der Waals surface area contributed by atoms with Crippen molar-refractivity contribution in [1.82, 2.24) is 14.5 Å². The molecule has 1 aliphatic rings. The number of aromatic nitrogens is 2. The molecule has 0 bridgehead atoms. The van der Waals surface area contributed by atoms with E-state index in [1.165, 1.54) is 6.07 Å². The van der Waals surface area contributed by atoms with E-state index in [1.807, 2.05) is 0 Å². The lowest BCUT2D eigenvalue weighted by atomic mass is 10.2. The number of aryl methyl sites for hydroxylation is 2. The summed E-state index contributed by atoms with van der Waals surface area (Å²) in [7, 11) is -4.29. The van der Waals surface area contributed by atoms with Gasteiger partial charge in [-0.3, -0.25) is 4.79 Å². The average molecular weight is 422 g/mol. The molecule has 1 N–H and O–H groups in total. The van der Waals surface area contributed by atoms with E-state index in [4.69, 9.17) is 11.6 Å². The van der Waals surface area contributed by atoms with Crippen LogP contribution in [-0.2, 0) is 35.6 Å². The largest absolute Gasteiger partial charge is 0.416 e. The first-order valence-corrected chi connectivity index (χ1v) is 9.90. The van der Waals surface area contributed by atoms with Crippen molar-refractivity contribution in [2.75, 3.05) is 6.54 Å². The van der Waals surface area contributed by atoms with E-state index in [1.54, 1.807) is 0 Å². The van der Waals surface area contributed by atoms with Gasteiger partial charge >= 0.3 is 6.18 Å². The minimum absolute atomic E-state index is 0.0536. The second kappa shape index (κ2) is 7.25. The first kappa shape index (κ1) is 19.8. The van der Waals surface area contributed by atoms with Crippen molar-refractivity contribution in [1.29, 1.82) is 0 Å². The Bertz CT molecular complexity index is 1040. The molecular formula is C16H15ClF3N3O3S.